The highest BCUT2D eigenvalue weighted by Gasteiger charge is 2.26. The largest absolute Gasteiger partial charge is 0.301 e. The van der Waals surface area contributed by atoms with Crippen LogP contribution < -0.4 is 0 Å². The minimum Gasteiger partial charge on any atom is -0.301 e. The minimum atomic E-state index is 0.422. The molecule has 0 aliphatic carbocycles. The molecule has 0 aromatic carbocycles. The molecule has 2 nitrogen and oxygen atoms in total. The number of alkyl halides is 1. The van der Waals surface area contributed by atoms with Crippen LogP contribution in [0.1, 0.15) is 31.0 Å². The molecule has 2 rings (SSSR count). The van der Waals surface area contributed by atoms with Gasteiger partial charge < -0.3 is 4.90 Å². The summed E-state index contributed by atoms with van der Waals surface area (Å²) < 4.78 is 0.422. The van der Waals surface area contributed by atoms with Crippen LogP contribution in [-0.2, 0) is 12.3 Å². The summed E-state index contributed by atoms with van der Waals surface area (Å²) in [5, 5.41) is 3.31. The molecule has 0 unspecified atom stereocenters. The first-order valence-electron chi connectivity index (χ1n) is 6.45. The van der Waals surface area contributed by atoms with Crippen LogP contribution in [0, 0.1) is 0 Å². The lowest BCUT2D eigenvalue weighted by Gasteiger charge is -2.37. The lowest BCUT2D eigenvalue weighted by atomic mass is 10.1. The summed E-state index contributed by atoms with van der Waals surface area (Å²) in [5.74, 6) is 1.80. The van der Waals surface area contributed by atoms with E-state index in [4.69, 9.17) is 11.6 Å². The lowest BCUT2D eigenvalue weighted by molar-refractivity contribution is 0.257. The number of thiazole rings is 1. The van der Waals surface area contributed by atoms with E-state index in [9.17, 15) is 0 Å². The van der Waals surface area contributed by atoms with E-state index in [2.05, 4.69) is 40.9 Å². The zero-order chi connectivity index (χ0) is 13.0. The molecule has 0 spiro atoms. The molecule has 1 aliphatic rings. The normalized spacial score (nSPS) is 20.2. The average molecular weight is 305 g/mol. The first-order valence-corrected chi connectivity index (χ1v) is 8.84. The zero-order valence-electron chi connectivity index (χ0n) is 11.1. The van der Waals surface area contributed by atoms with Crippen LogP contribution in [0.2, 0.25) is 0 Å². The number of rotatable bonds is 5. The maximum absolute atomic E-state index is 5.76. The van der Waals surface area contributed by atoms with Crippen molar-refractivity contribution in [2.24, 2.45) is 0 Å². The van der Waals surface area contributed by atoms with E-state index < -0.39 is 0 Å². The Labute approximate surface area is 123 Å². The number of thioether (sulfide) groups is 1. The van der Waals surface area contributed by atoms with Crippen LogP contribution in [0.15, 0.2) is 5.38 Å². The Morgan fingerprint density at radius 3 is 3.00 bits per heavy atom. The predicted molar refractivity (Wildman–Crippen MR) is 83.0 cm³/mol. The van der Waals surface area contributed by atoms with E-state index in [-0.39, 0.29) is 0 Å². The molecule has 0 N–H and O–H groups in total. The van der Waals surface area contributed by atoms with Crippen LogP contribution in [-0.4, -0.2) is 40.0 Å². The second kappa shape index (κ2) is 6.60. The van der Waals surface area contributed by atoms with Crippen LogP contribution in [0.25, 0.3) is 0 Å². The van der Waals surface area contributed by atoms with Gasteiger partial charge in [-0.15, -0.1) is 22.9 Å². The van der Waals surface area contributed by atoms with Gasteiger partial charge in [0.15, 0.2) is 0 Å². The standard InChI is InChI=1S/C13H21ClN2S2/c1-13(2)10-16(6-7-18-13)5-3-4-12-15-11(8-14)9-17-12/h9H,3-8,10H2,1-2H3. The van der Waals surface area contributed by atoms with Crippen LogP contribution in [0.5, 0.6) is 0 Å². The highest BCUT2D eigenvalue weighted by molar-refractivity contribution is 8.00. The third-order valence-corrected chi connectivity index (χ3v) is 5.63. The predicted octanol–water partition coefficient (Wildman–Crippen LogP) is 3.64. The van der Waals surface area contributed by atoms with Crippen molar-refractivity contribution >= 4 is 34.7 Å². The van der Waals surface area contributed by atoms with E-state index in [0.29, 0.717) is 10.6 Å². The van der Waals surface area contributed by atoms with Crippen molar-refractivity contribution in [3.8, 4) is 0 Å². The topological polar surface area (TPSA) is 16.1 Å². The molecule has 0 bridgehead atoms. The van der Waals surface area contributed by atoms with E-state index >= 15 is 0 Å². The van der Waals surface area contributed by atoms with Gasteiger partial charge in [-0.1, -0.05) is 0 Å². The fourth-order valence-electron chi connectivity index (χ4n) is 2.28. The molecule has 0 atom stereocenters. The summed E-state index contributed by atoms with van der Waals surface area (Å²) in [6.07, 6.45) is 2.29. The number of halogens is 1. The van der Waals surface area contributed by atoms with Gasteiger partial charge in [-0.25, -0.2) is 4.98 Å². The van der Waals surface area contributed by atoms with E-state index in [1.807, 2.05) is 0 Å². The average Bonchev–Trinajstić information content (AvgIpc) is 2.76. The molecule has 0 saturated carbocycles. The molecule has 1 fully saturated rings. The smallest absolute Gasteiger partial charge is 0.0929 e. The van der Waals surface area contributed by atoms with Crippen molar-refractivity contribution in [1.29, 1.82) is 0 Å². The van der Waals surface area contributed by atoms with Gasteiger partial charge >= 0.3 is 0 Å². The highest BCUT2D eigenvalue weighted by Crippen LogP contribution is 2.29. The molecule has 1 saturated heterocycles. The van der Waals surface area contributed by atoms with E-state index in [1.165, 1.54) is 36.8 Å². The van der Waals surface area contributed by atoms with Gasteiger partial charge in [0.05, 0.1) is 16.6 Å². The first-order chi connectivity index (χ1) is 8.59. The molecule has 0 radical (unpaired) electrons. The summed E-state index contributed by atoms with van der Waals surface area (Å²) in [6, 6.07) is 0. The Balaban J connectivity index is 1.71. The maximum Gasteiger partial charge on any atom is 0.0929 e. The Morgan fingerprint density at radius 2 is 2.33 bits per heavy atom. The molecule has 1 aromatic heterocycles. The molecule has 1 aromatic rings. The Morgan fingerprint density at radius 1 is 1.50 bits per heavy atom. The van der Waals surface area contributed by atoms with Gasteiger partial charge in [0.2, 0.25) is 0 Å². The number of aryl methyl sites for hydroxylation is 1. The molecule has 1 aliphatic heterocycles. The van der Waals surface area contributed by atoms with Crippen molar-refractivity contribution < 1.29 is 0 Å². The SMILES string of the molecule is CC1(C)CN(CCCc2nc(CCl)cs2)CCS1. The van der Waals surface area contributed by atoms with Gasteiger partial charge in [-0.05, 0) is 26.8 Å². The molecular formula is C13H21ClN2S2. The maximum atomic E-state index is 5.76. The molecule has 0 amide bonds. The zero-order valence-corrected chi connectivity index (χ0v) is 13.5. The van der Waals surface area contributed by atoms with Crippen LogP contribution in [0.3, 0.4) is 0 Å². The van der Waals surface area contributed by atoms with Crippen molar-refractivity contribution in [2.45, 2.75) is 37.3 Å². The fourth-order valence-corrected chi connectivity index (χ4v) is 4.53. The third kappa shape index (κ3) is 4.41. The number of hydrogen-bond donors (Lipinski definition) is 0. The molecular weight excluding hydrogens is 284 g/mol. The number of aromatic nitrogens is 1. The molecule has 2 heterocycles. The van der Waals surface area contributed by atoms with Gasteiger partial charge in [-0.3, -0.25) is 0 Å². The van der Waals surface area contributed by atoms with Crippen molar-refractivity contribution in [3.05, 3.63) is 16.1 Å². The highest BCUT2D eigenvalue weighted by atomic mass is 35.5. The van der Waals surface area contributed by atoms with Crippen LogP contribution >= 0.6 is 34.7 Å². The summed E-state index contributed by atoms with van der Waals surface area (Å²) in [6.45, 7) is 8.33. The second-order valence-corrected chi connectivity index (χ2v) is 8.37. The minimum absolute atomic E-state index is 0.422. The number of hydrogen-bond acceptors (Lipinski definition) is 4. The van der Waals surface area contributed by atoms with Gasteiger partial charge in [-0.2, -0.15) is 11.8 Å². The summed E-state index contributed by atoms with van der Waals surface area (Å²) in [5.41, 5.74) is 1.02. The fraction of sp³-hybridized carbons (Fsp3) is 0.769. The van der Waals surface area contributed by atoms with Crippen molar-refractivity contribution in [2.75, 3.05) is 25.4 Å². The quantitative estimate of drug-likeness (QED) is 0.773. The Kier molecular flexibility index (Phi) is 5.36. The van der Waals surface area contributed by atoms with Crippen LogP contribution in [0.4, 0.5) is 0 Å². The molecule has 18 heavy (non-hydrogen) atoms. The Hall–Kier alpha value is 0.230. The van der Waals surface area contributed by atoms with Gasteiger partial charge in [0.1, 0.15) is 0 Å². The van der Waals surface area contributed by atoms with E-state index in [1.54, 1.807) is 11.3 Å². The summed E-state index contributed by atoms with van der Waals surface area (Å²) in [7, 11) is 0. The van der Waals surface area contributed by atoms with Crippen molar-refractivity contribution in [1.82, 2.24) is 9.88 Å². The summed E-state index contributed by atoms with van der Waals surface area (Å²) in [4.78, 5) is 7.09. The van der Waals surface area contributed by atoms with Crippen molar-refractivity contribution in [3.63, 3.8) is 0 Å². The second-order valence-electron chi connectivity index (χ2n) is 5.35. The summed E-state index contributed by atoms with van der Waals surface area (Å²) >= 11 is 9.60. The monoisotopic (exact) mass is 304 g/mol. The molecule has 5 heteroatoms. The lowest BCUT2D eigenvalue weighted by Crippen LogP contribution is -2.43. The molecule has 102 valence electrons. The Bertz CT molecular complexity index is 379. The number of nitrogens with zero attached hydrogens (tertiary/aromatic N) is 2. The van der Waals surface area contributed by atoms with E-state index in [0.717, 1.165) is 12.1 Å². The third-order valence-electron chi connectivity index (χ3n) is 3.11. The van der Waals surface area contributed by atoms with Gasteiger partial charge in [0, 0.05) is 35.4 Å². The first kappa shape index (κ1) is 14.6. The van der Waals surface area contributed by atoms with Gasteiger partial charge in [0.25, 0.3) is 0 Å².